The van der Waals surface area contributed by atoms with Crippen LogP contribution < -0.4 is 5.32 Å². The summed E-state index contributed by atoms with van der Waals surface area (Å²) in [5, 5.41) is 11.7. The fourth-order valence-corrected chi connectivity index (χ4v) is 2.81. The second-order valence-corrected chi connectivity index (χ2v) is 5.91. The molecule has 4 heteroatoms. The quantitative estimate of drug-likeness (QED) is 0.787. The molecular formula is C18H25N3O. The Morgan fingerprint density at radius 2 is 1.91 bits per heavy atom. The SMILES string of the molecule is N#Cc1ccc(CCC(=O)NCCCN2CCCCC2)cc1. The van der Waals surface area contributed by atoms with Gasteiger partial charge in [0.25, 0.3) is 0 Å². The average molecular weight is 299 g/mol. The van der Waals surface area contributed by atoms with Crippen LogP contribution in [0.1, 0.15) is 43.2 Å². The van der Waals surface area contributed by atoms with Gasteiger partial charge in [-0.2, -0.15) is 5.26 Å². The van der Waals surface area contributed by atoms with Crippen LogP contribution in [0.25, 0.3) is 0 Å². The van der Waals surface area contributed by atoms with E-state index in [2.05, 4.69) is 16.3 Å². The van der Waals surface area contributed by atoms with Crippen LogP contribution in [-0.2, 0) is 11.2 Å². The molecule has 0 atom stereocenters. The van der Waals surface area contributed by atoms with Crippen molar-refractivity contribution in [2.24, 2.45) is 0 Å². The molecule has 1 aromatic carbocycles. The lowest BCUT2D eigenvalue weighted by Crippen LogP contribution is -2.33. The molecule has 0 radical (unpaired) electrons. The number of carbonyl (C=O) groups is 1. The van der Waals surface area contributed by atoms with E-state index in [1.807, 2.05) is 12.1 Å². The Hall–Kier alpha value is -1.86. The highest BCUT2D eigenvalue weighted by molar-refractivity contribution is 5.76. The minimum atomic E-state index is 0.114. The third-order valence-corrected chi connectivity index (χ3v) is 4.15. The van der Waals surface area contributed by atoms with Crippen LogP contribution in [0, 0.1) is 11.3 Å². The summed E-state index contributed by atoms with van der Waals surface area (Å²) >= 11 is 0. The number of aryl methyl sites for hydroxylation is 1. The van der Waals surface area contributed by atoms with Crippen molar-refractivity contribution in [3.63, 3.8) is 0 Å². The highest BCUT2D eigenvalue weighted by atomic mass is 16.1. The minimum Gasteiger partial charge on any atom is -0.356 e. The summed E-state index contributed by atoms with van der Waals surface area (Å²) in [6.07, 6.45) is 6.26. The zero-order valence-electron chi connectivity index (χ0n) is 13.2. The molecule has 1 fully saturated rings. The van der Waals surface area contributed by atoms with E-state index in [4.69, 9.17) is 5.26 Å². The van der Waals surface area contributed by atoms with Crippen molar-refractivity contribution in [3.05, 3.63) is 35.4 Å². The number of hydrogen-bond acceptors (Lipinski definition) is 3. The summed E-state index contributed by atoms with van der Waals surface area (Å²) in [6, 6.07) is 9.53. The van der Waals surface area contributed by atoms with Gasteiger partial charge in [-0.25, -0.2) is 0 Å². The maximum Gasteiger partial charge on any atom is 0.220 e. The molecule has 22 heavy (non-hydrogen) atoms. The van der Waals surface area contributed by atoms with Crippen molar-refractivity contribution in [3.8, 4) is 6.07 Å². The summed E-state index contributed by atoms with van der Waals surface area (Å²) in [5.74, 6) is 0.114. The lowest BCUT2D eigenvalue weighted by molar-refractivity contribution is -0.121. The van der Waals surface area contributed by atoms with Gasteiger partial charge in [-0.1, -0.05) is 18.6 Å². The van der Waals surface area contributed by atoms with Gasteiger partial charge in [0.2, 0.25) is 5.91 Å². The van der Waals surface area contributed by atoms with E-state index in [0.717, 1.165) is 31.5 Å². The smallest absolute Gasteiger partial charge is 0.220 e. The Morgan fingerprint density at radius 3 is 2.59 bits per heavy atom. The molecule has 1 aromatic rings. The molecule has 0 spiro atoms. The molecule has 0 saturated carbocycles. The summed E-state index contributed by atoms with van der Waals surface area (Å²) in [7, 11) is 0. The molecule has 2 rings (SSSR count). The lowest BCUT2D eigenvalue weighted by Gasteiger charge is -2.26. The van der Waals surface area contributed by atoms with Crippen LogP contribution in [0.15, 0.2) is 24.3 Å². The normalized spacial score (nSPS) is 15.2. The van der Waals surface area contributed by atoms with Crippen molar-refractivity contribution >= 4 is 5.91 Å². The maximum absolute atomic E-state index is 11.8. The maximum atomic E-state index is 11.8. The molecule has 1 saturated heterocycles. The van der Waals surface area contributed by atoms with Crippen LogP contribution in [0.4, 0.5) is 0 Å². The van der Waals surface area contributed by atoms with E-state index in [9.17, 15) is 4.79 Å². The van der Waals surface area contributed by atoms with Crippen molar-refractivity contribution in [1.82, 2.24) is 10.2 Å². The van der Waals surface area contributed by atoms with Crippen LogP contribution >= 0.6 is 0 Å². The van der Waals surface area contributed by atoms with Gasteiger partial charge in [0.05, 0.1) is 11.6 Å². The van der Waals surface area contributed by atoms with E-state index in [-0.39, 0.29) is 5.91 Å². The number of likely N-dealkylation sites (tertiary alicyclic amines) is 1. The number of carbonyl (C=O) groups excluding carboxylic acids is 1. The van der Waals surface area contributed by atoms with E-state index in [1.165, 1.54) is 32.4 Å². The summed E-state index contributed by atoms with van der Waals surface area (Å²) in [5.41, 5.74) is 1.76. The van der Waals surface area contributed by atoms with Gasteiger partial charge >= 0.3 is 0 Å². The molecule has 0 bridgehead atoms. The van der Waals surface area contributed by atoms with Crippen molar-refractivity contribution in [1.29, 1.82) is 5.26 Å². The Balaban J connectivity index is 1.56. The Morgan fingerprint density at radius 1 is 1.18 bits per heavy atom. The summed E-state index contributed by atoms with van der Waals surface area (Å²) in [4.78, 5) is 14.3. The molecule has 0 aliphatic carbocycles. The zero-order chi connectivity index (χ0) is 15.6. The first-order valence-corrected chi connectivity index (χ1v) is 8.26. The Bertz CT molecular complexity index is 498. The number of rotatable bonds is 7. The third-order valence-electron chi connectivity index (χ3n) is 4.15. The number of hydrogen-bond donors (Lipinski definition) is 1. The van der Waals surface area contributed by atoms with Crippen LogP contribution in [0.5, 0.6) is 0 Å². The van der Waals surface area contributed by atoms with Crippen LogP contribution in [0.3, 0.4) is 0 Å². The van der Waals surface area contributed by atoms with Crippen molar-refractivity contribution in [2.75, 3.05) is 26.2 Å². The van der Waals surface area contributed by atoms with E-state index in [1.54, 1.807) is 12.1 Å². The fourth-order valence-electron chi connectivity index (χ4n) is 2.81. The number of nitriles is 1. The topological polar surface area (TPSA) is 56.1 Å². The van der Waals surface area contributed by atoms with E-state index >= 15 is 0 Å². The molecule has 1 amide bonds. The number of nitrogens with zero attached hydrogens (tertiary/aromatic N) is 2. The average Bonchev–Trinajstić information content (AvgIpc) is 2.58. The molecule has 118 valence electrons. The predicted octanol–water partition coefficient (Wildman–Crippen LogP) is 2.48. The second kappa shape index (κ2) is 9.22. The van der Waals surface area contributed by atoms with Crippen molar-refractivity contribution in [2.45, 2.75) is 38.5 Å². The van der Waals surface area contributed by atoms with E-state index < -0.39 is 0 Å². The third kappa shape index (κ3) is 5.87. The Kier molecular flexibility index (Phi) is 6.92. The highest BCUT2D eigenvalue weighted by Gasteiger charge is 2.09. The first-order valence-electron chi connectivity index (χ1n) is 8.26. The molecule has 0 aromatic heterocycles. The van der Waals surface area contributed by atoms with Gasteiger partial charge in [0.1, 0.15) is 0 Å². The lowest BCUT2D eigenvalue weighted by atomic mass is 10.1. The van der Waals surface area contributed by atoms with Gasteiger partial charge < -0.3 is 10.2 Å². The van der Waals surface area contributed by atoms with Gasteiger partial charge in [-0.3, -0.25) is 4.79 Å². The monoisotopic (exact) mass is 299 g/mol. The Labute approximate surface area is 133 Å². The summed E-state index contributed by atoms with van der Waals surface area (Å²) in [6.45, 7) is 4.29. The molecule has 1 aliphatic heterocycles. The fraction of sp³-hybridized carbons (Fsp3) is 0.556. The molecule has 4 nitrogen and oxygen atoms in total. The second-order valence-electron chi connectivity index (χ2n) is 5.91. The zero-order valence-corrected chi connectivity index (χ0v) is 13.2. The molecule has 1 heterocycles. The molecular weight excluding hydrogens is 274 g/mol. The standard InChI is InChI=1S/C18H25N3O/c19-15-17-7-5-16(6-8-17)9-10-18(22)20-11-4-14-21-12-2-1-3-13-21/h5-8H,1-4,9-14H2,(H,20,22). The minimum absolute atomic E-state index is 0.114. The van der Waals surface area contributed by atoms with Crippen LogP contribution in [0.2, 0.25) is 0 Å². The largest absolute Gasteiger partial charge is 0.356 e. The van der Waals surface area contributed by atoms with Gasteiger partial charge in [-0.15, -0.1) is 0 Å². The predicted molar refractivity (Wildman–Crippen MR) is 87.4 cm³/mol. The van der Waals surface area contributed by atoms with Gasteiger partial charge in [0, 0.05) is 13.0 Å². The first kappa shape index (κ1) is 16.5. The number of benzene rings is 1. The molecule has 1 aliphatic rings. The van der Waals surface area contributed by atoms with E-state index in [0.29, 0.717) is 12.0 Å². The first-order chi connectivity index (χ1) is 10.8. The van der Waals surface area contributed by atoms with Gasteiger partial charge in [0.15, 0.2) is 0 Å². The van der Waals surface area contributed by atoms with Gasteiger partial charge in [-0.05, 0) is 63.0 Å². The number of nitrogens with one attached hydrogen (secondary N) is 1. The molecule has 0 unspecified atom stereocenters. The number of amides is 1. The highest BCUT2D eigenvalue weighted by Crippen LogP contribution is 2.08. The van der Waals surface area contributed by atoms with Crippen LogP contribution in [-0.4, -0.2) is 37.0 Å². The number of piperidine rings is 1. The summed E-state index contributed by atoms with van der Waals surface area (Å²) < 4.78 is 0. The molecule has 1 N–H and O–H groups in total. The van der Waals surface area contributed by atoms with Crippen molar-refractivity contribution < 1.29 is 4.79 Å².